The highest BCUT2D eigenvalue weighted by molar-refractivity contribution is 6.30. The van der Waals surface area contributed by atoms with Crippen LogP contribution >= 0.6 is 11.6 Å². The quantitative estimate of drug-likeness (QED) is 0.702. The van der Waals surface area contributed by atoms with Gasteiger partial charge in [0, 0.05) is 61.4 Å². The summed E-state index contributed by atoms with van der Waals surface area (Å²) < 4.78 is 1.96. The normalized spacial score (nSPS) is 19.2. The van der Waals surface area contributed by atoms with Crippen molar-refractivity contribution >= 4 is 29.1 Å². The monoisotopic (exact) mass is 482 g/mol. The van der Waals surface area contributed by atoms with E-state index >= 15 is 0 Å². The minimum absolute atomic E-state index is 0.0862. The number of piperazine rings is 1. The zero-order chi connectivity index (χ0) is 23.7. The number of pyridine rings is 1. The molecule has 0 atom stereocenters. The van der Waals surface area contributed by atoms with Crippen LogP contribution in [0.4, 0.5) is 5.69 Å². The Hall–Kier alpha value is -2.80. The minimum Gasteiger partial charge on any atom is -0.368 e. The number of nitrogens with one attached hydrogen (secondary N) is 1. The first-order valence-electron chi connectivity index (χ1n) is 12.4. The molecule has 5 rings (SSSR count). The highest BCUT2D eigenvalue weighted by Crippen LogP contribution is 2.28. The molecule has 0 spiro atoms. The van der Waals surface area contributed by atoms with Crippen molar-refractivity contribution in [2.45, 2.75) is 57.0 Å². The SMILES string of the molecule is O=C(NC1CC1)c1cn(C2CCCCC2)cc(C(=O)N2CCN(c3ccc(Cl)cc3)CC2)c1=O. The van der Waals surface area contributed by atoms with Gasteiger partial charge in [0.05, 0.1) is 0 Å². The summed E-state index contributed by atoms with van der Waals surface area (Å²) in [4.78, 5) is 43.6. The van der Waals surface area contributed by atoms with Gasteiger partial charge >= 0.3 is 0 Å². The zero-order valence-corrected chi connectivity index (χ0v) is 20.1. The molecular formula is C26H31ClN4O3. The van der Waals surface area contributed by atoms with E-state index in [1.807, 2.05) is 28.8 Å². The Labute approximate surface area is 204 Å². The third-order valence-electron chi connectivity index (χ3n) is 7.19. The van der Waals surface area contributed by atoms with Crippen LogP contribution in [0.1, 0.15) is 71.7 Å². The van der Waals surface area contributed by atoms with Crippen LogP contribution < -0.4 is 15.6 Å². The predicted molar refractivity (Wildman–Crippen MR) is 133 cm³/mol. The van der Waals surface area contributed by atoms with Crippen LogP contribution in [0, 0.1) is 0 Å². The van der Waals surface area contributed by atoms with E-state index in [-0.39, 0.29) is 35.0 Å². The van der Waals surface area contributed by atoms with Crippen molar-refractivity contribution in [2.24, 2.45) is 0 Å². The average Bonchev–Trinajstić information content (AvgIpc) is 3.69. The van der Waals surface area contributed by atoms with Gasteiger partial charge in [-0.25, -0.2) is 0 Å². The maximum atomic E-state index is 13.5. The van der Waals surface area contributed by atoms with Gasteiger partial charge in [0.25, 0.3) is 11.8 Å². The molecule has 2 amide bonds. The second kappa shape index (κ2) is 9.82. The number of anilines is 1. The van der Waals surface area contributed by atoms with E-state index in [2.05, 4.69) is 10.2 Å². The van der Waals surface area contributed by atoms with E-state index in [1.165, 1.54) is 6.42 Å². The van der Waals surface area contributed by atoms with Gasteiger partial charge in [-0.15, -0.1) is 0 Å². The number of nitrogens with zero attached hydrogens (tertiary/aromatic N) is 3. The van der Waals surface area contributed by atoms with E-state index in [9.17, 15) is 14.4 Å². The van der Waals surface area contributed by atoms with Crippen LogP contribution in [-0.4, -0.2) is 53.5 Å². The van der Waals surface area contributed by atoms with E-state index in [4.69, 9.17) is 11.6 Å². The van der Waals surface area contributed by atoms with Crippen LogP contribution in [-0.2, 0) is 0 Å². The number of aromatic nitrogens is 1. The topological polar surface area (TPSA) is 74.7 Å². The third kappa shape index (κ3) is 4.99. The molecule has 3 fully saturated rings. The zero-order valence-electron chi connectivity index (χ0n) is 19.3. The van der Waals surface area contributed by atoms with E-state index < -0.39 is 5.43 Å². The standard InChI is InChI=1S/C26H31ClN4O3/c27-18-6-10-21(11-7-18)29-12-14-30(15-13-29)26(34)23-17-31(20-4-2-1-3-5-20)16-22(24(23)32)25(33)28-19-8-9-19/h6-7,10-11,16-17,19-20H,1-5,8-9,12-15H2,(H,28,33). The smallest absolute Gasteiger partial charge is 0.259 e. The van der Waals surface area contributed by atoms with Crippen molar-refractivity contribution < 1.29 is 9.59 Å². The van der Waals surface area contributed by atoms with Gasteiger partial charge in [0.2, 0.25) is 5.43 Å². The molecule has 180 valence electrons. The van der Waals surface area contributed by atoms with Gasteiger partial charge in [0.1, 0.15) is 11.1 Å². The Morgan fingerprint density at radius 3 is 2.15 bits per heavy atom. The van der Waals surface area contributed by atoms with E-state index in [1.54, 1.807) is 17.3 Å². The summed E-state index contributed by atoms with van der Waals surface area (Å²) in [6.45, 7) is 2.38. The number of halogens is 1. The molecule has 2 saturated carbocycles. The molecule has 1 aromatic carbocycles. The predicted octanol–water partition coefficient (Wildman–Crippen LogP) is 3.86. The van der Waals surface area contributed by atoms with Crippen molar-refractivity contribution in [1.82, 2.24) is 14.8 Å². The Balaban J connectivity index is 1.37. The third-order valence-corrected chi connectivity index (χ3v) is 7.44. The lowest BCUT2D eigenvalue weighted by atomic mass is 9.95. The second-order valence-corrected chi connectivity index (χ2v) is 10.1. The van der Waals surface area contributed by atoms with E-state index in [0.29, 0.717) is 31.2 Å². The summed E-state index contributed by atoms with van der Waals surface area (Å²) in [7, 11) is 0. The Kier molecular flexibility index (Phi) is 6.63. The largest absolute Gasteiger partial charge is 0.368 e. The van der Waals surface area contributed by atoms with Crippen molar-refractivity contribution in [3.63, 3.8) is 0 Å². The van der Waals surface area contributed by atoms with Gasteiger partial charge in [0.15, 0.2) is 0 Å². The molecule has 2 aliphatic carbocycles. The molecule has 1 saturated heterocycles. The lowest BCUT2D eigenvalue weighted by Crippen LogP contribution is -2.50. The lowest BCUT2D eigenvalue weighted by molar-refractivity contribution is 0.0744. The molecule has 1 aliphatic heterocycles. The minimum atomic E-state index is -0.463. The highest BCUT2D eigenvalue weighted by atomic mass is 35.5. The first-order chi connectivity index (χ1) is 16.5. The van der Waals surface area contributed by atoms with Gasteiger partial charge in [-0.05, 0) is 49.9 Å². The highest BCUT2D eigenvalue weighted by Gasteiger charge is 2.30. The molecule has 2 heterocycles. The molecule has 3 aliphatic rings. The number of benzene rings is 1. The molecule has 0 unspecified atom stereocenters. The Morgan fingerprint density at radius 2 is 1.50 bits per heavy atom. The lowest BCUT2D eigenvalue weighted by Gasteiger charge is -2.36. The summed E-state index contributed by atoms with van der Waals surface area (Å²) in [6, 6.07) is 8.04. The molecule has 1 aromatic heterocycles. The Bertz CT molecular complexity index is 1110. The van der Waals surface area contributed by atoms with Gasteiger partial charge < -0.3 is 19.7 Å². The van der Waals surface area contributed by atoms with Crippen molar-refractivity contribution in [3.8, 4) is 0 Å². The maximum Gasteiger partial charge on any atom is 0.259 e. The van der Waals surface area contributed by atoms with Crippen molar-refractivity contribution in [3.05, 3.63) is 63.0 Å². The second-order valence-electron chi connectivity index (χ2n) is 9.66. The summed E-state index contributed by atoms with van der Waals surface area (Å²) in [5.74, 6) is -0.648. The number of amides is 2. The van der Waals surface area contributed by atoms with Crippen molar-refractivity contribution in [2.75, 3.05) is 31.1 Å². The Morgan fingerprint density at radius 1 is 0.853 bits per heavy atom. The van der Waals surface area contributed by atoms with Crippen LogP contribution in [0.25, 0.3) is 0 Å². The average molecular weight is 483 g/mol. The molecular weight excluding hydrogens is 452 g/mol. The molecule has 2 aromatic rings. The summed E-state index contributed by atoms with van der Waals surface area (Å²) in [5.41, 5.74) is 0.794. The fraction of sp³-hybridized carbons (Fsp3) is 0.500. The molecule has 1 N–H and O–H groups in total. The first-order valence-corrected chi connectivity index (χ1v) is 12.7. The number of hydrogen-bond acceptors (Lipinski definition) is 4. The van der Waals surface area contributed by atoms with Gasteiger partial charge in [-0.1, -0.05) is 30.9 Å². The van der Waals surface area contributed by atoms with Crippen LogP contribution in [0.3, 0.4) is 0 Å². The van der Waals surface area contributed by atoms with Gasteiger partial charge in [-0.3, -0.25) is 14.4 Å². The number of hydrogen-bond donors (Lipinski definition) is 1. The first kappa shape index (κ1) is 23.0. The van der Waals surface area contributed by atoms with Crippen LogP contribution in [0.2, 0.25) is 5.02 Å². The molecule has 0 radical (unpaired) electrons. The van der Waals surface area contributed by atoms with Crippen molar-refractivity contribution in [1.29, 1.82) is 0 Å². The van der Waals surface area contributed by atoms with Gasteiger partial charge in [-0.2, -0.15) is 0 Å². The summed E-state index contributed by atoms with van der Waals surface area (Å²) in [5, 5.41) is 3.61. The summed E-state index contributed by atoms with van der Waals surface area (Å²) in [6.07, 6.45) is 10.7. The fourth-order valence-corrected chi connectivity index (χ4v) is 5.11. The number of rotatable bonds is 5. The molecule has 7 nitrogen and oxygen atoms in total. The van der Waals surface area contributed by atoms with Crippen LogP contribution in [0.5, 0.6) is 0 Å². The molecule has 8 heteroatoms. The molecule has 34 heavy (non-hydrogen) atoms. The number of carbonyl (C=O) groups excluding carboxylic acids is 2. The summed E-state index contributed by atoms with van der Waals surface area (Å²) >= 11 is 6.00. The van der Waals surface area contributed by atoms with Crippen LogP contribution in [0.15, 0.2) is 41.5 Å². The number of carbonyl (C=O) groups is 2. The van der Waals surface area contributed by atoms with E-state index in [0.717, 1.165) is 44.2 Å². The molecule has 0 bridgehead atoms. The maximum absolute atomic E-state index is 13.5. The fourth-order valence-electron chi connectivity index (χ4n) is 4.98.